The van der Waals surface area contributed by atoms with Crippen LogP contribution < -0.4 is 4.74 Å². The molecule has 33 heavy (non-hydrogen) atoms. The van der Waals surface area contributed by atoms with Crippen molar-refractivity contribution in [2.24, 2.45) is 5.92 Å². The van der Waals surface area contributed by atoms with Crippen LogP contribution in [0.1, 0.15) is 40.1 Å². The number of carbonyl (C=O) groups is 4. The van der Waals surface area contributed by atoms with E-state index < -0.39 is 48.1 Å². The van der Waals surface area contributed by atoms with Gasteiger partial charge in [0, 0.05) is 13.6 Å². The molecule has 1 aliphatic rings. The molecule has 2 aromatic carbocycles. The van der Waals surface area contributed by atoms with Crippen molar-refractivity contribution in [1.29, 1.82) is 0 Å². The average Bonchev–Trinajstić information content (AvgIpc) is 3.03. The van der Waals surface area contributed by atoms with Crippen LogP contribution in [0.5, 0.6) is 5.75 Å². The van der Waals surface area contributed by atoms with Crippen LogP contribution in [0.25, 0.3) is 0 Å². The summed E-state index contributed by atoms with van der Waals surface area (Å²) in [4.78, 5) is 53.0. The number of fused-ring (bicyclic) bond motifs is 1. The fourth-order valence-electron chi connectivity index (χ4n) is 3.63. The Labute approximate surface area is 190 Å². The Hall–Kier alpha value is -3.75. The first-order chi connectivity index (χ1) is 15.6. The van der Waals surface area contributed by atoms with Crippen molar-refractivity contribution in [2.45, 2.75) is 26.4 Å². The number of halogens is 1. The highest BCUT2D eigenvalue weighted by Gasteiger charge is 2.44. The predicted molar refractivity (Wildman–Crippen MR) is 116 cm³/mol. The maximum Gasteiger partial charge on any atom is 0.330 e. The fourth-order valence-corrected chi connectivity index (χ4v) is 3.63. The molecule has 0 aliphatic carbocycles. The molecule has 1 unspecified atom stereocenters. The van der Waals surface area contributed by atoms with Crippen LogP contribution in [0.3, 0.4) is 0 Å². The molecule has 3 amide bonds. The van der Waals surface area contributed by atoms with Crippen LogP contribution in [0.2, 0.25) is 0 Å². The van der Waals surface area contributed by atoms with Gasteiger partial charge in [-0.25, -0.2) is 9.18 Å². The molecule has 0 saturated carbocycles. The van der Waals surface area contributed by atoms with Crippen LogP contribution in [0.15, 0.2) is 42.5 Å². The van der Waals surface area contributed by atoms with E-state index in [4.69, 9.17) is 9.47 Å². The van der Waals surface area contributed by atoms with Gasteiger partial charge in [-0.15, -0.1) is 0 Å². The molecular weight excluding hydrogens is 431 g/mol. The van der Waals surface area contributed by atoms with Crippen LogP contribution in [-0.4, -0.2) is 60.3 Å². The van der Waals surface area contributed by atoms with E-state index in [0.717, 1.165) is 4.90 Å². The smallest absolute Gasteiger partial charge is 0.330 e. The second-order valence-corrected chi connectivity index (χ2v) is 8.04. The number of nitrogens with zero attached hydrogens (tertiary/aromatic N) is 2. The topological polar surface area (TPSA) is 93.2 Å². The fraction of sp³-hybridized carbons (Fsp3) is 0.333. The second-order valence-electron chi connectivity index (χ2n) is 8.04. The maximum atomic E-state index is 13.9. The minimum absolute atomic E-state index is 0.0866. The van der Waals surface area contributed by atoms with E-state index in [1.807, 2.05) is 0 Å². The normalized spacial score (nSPS) is 13.7. The van der Waals surface area contributed by atoms with Crippen molar-refractivity contribution in [2.75, 3.05) is 20.8 Å². The summed E-state index contributed by atoms with van der Waals surface area (Å²) in [6.45, 7) is 2.87. The average molecular weight is 456 g/mol. The molecule has 0 bridgehead atoms. The molecule has 0 spiro atoms. The van der Waals surface area contributed by atoms with Gasteiger partial charge < -0.3 is 14.4 Å². The molecular formula is C24H25FN2O6. The molecule has 3 rings (SSSR count). The number of ether oxygens (including phenoxy) is 2. The van der Waals surface area contributed by atoms with E-state index in [0.29, 0.717) is 5.56 Å². The zero-order valence-electron chi connectivity index (χ0n) is 18.8. The molecule has 0 fully saturated rings. The van der Waals surface area contributed by atoms with Gasteiger partial charge in [0.2, 0.25) is 0 Å². The maximum absolute atomic E-state index is 13.9. The third-order valence-corrected chi connectivity index (χ3v) is 5.38. The number of rotatable bonds is 8. The molecule has 0 radical (unpaired) electrons. The van der Waals surface area contributed by atoms with Crippen molar-refractivity contribution in [3.05, 3.63) is 65.0 Å². The molecule has 2 aromatic rings. The third-order valence-electron chi connectivity index (χ3n) is 5.38. The summed E-state index contributed by atoms with van der Waals surface area (Å²) in [7, 11) is 2.84. The number of carbonyl (C=O) groups excluding carboxylic acids is 4. The summed E-state index contributed by atoms with van der Waals surface area (Å²) in [6, 6.07) is 9.49. The van der Waals surface area contributed by atoms with E-state index in [2.05, 4.69) is 0 Å². The van der Waals surface area contributed by atoms with Gasteiger partial charge in [-0.05, 0) is 35.7 Å². The highest BCUT2D eigenvalue weighted by molar-refractivity contribution is 6.22. The van der Waals surface area contributed by atoms with Crippen LogP contribution in [0.4, 0.5) is 4.39 Å². The number of likely N-dealkylation sites (N-methyl/N-ethyl adjacent to an activating group) is 1. The highest BCUT2D eigenvalue weighted by atomic mass is 19.1. The molecule has 1 heterocycles. The number of benzene rings is 2. The van der Waals surface area contributed by atoms with Crippen molar-refractivity contribution < 1.29 is 33.0 Å². The minimum Gasteiger partial charge on any atom is -0.494 e. The Kier molecular flexibility index (Phi) is 7.10. The first kappa shape index (κ1) is 23.9. The van der Waals surface area contributed by atoms with Gasteiger partial charge in [0.15, 0.2) is 18.2 Å². The summed E-state index contributed by atoms with van der Waals surface area (Å²) >= 11 is 0. The van der Waals surface area contributed by atoms with Gasteiger partial charge in [0.05, 0.1) is 18.2 Å². The van der Waals surface area contributed by atoms with Crippen molar-refractivity contribution in [3.63, 3.8) is 0 Å². The van der Waals surface area contributed by atoms with Crippen molar-refractivity contribution in [3.8, 4) is 5.75 Å². The first-order valence-corrected chi connectivity index (χ1v) is 10.4. The second kappa shape index (κ2) is 9.81. The monoisotopic (exact) mass is 456 g/mol. The molecule has 0 aromatic heterocycles. The van der Waals surface area contributed by atoms with Gasteiger partial charge in [-0.2, -0.15) is 0 Å². The molecule has 1 atom stereocenters. The Morgan fingerprint density at radius 3 is 2.18 bits per heavy atom. The van der Waals surface area contributed by atoms with Gasteiger partial charge in [0.1, 0.15) is 6.04 Å². The summed E-state index contributed by atoms with van der Waals surface area (Å²) in [5, 5.41) is 0. The van der Waals surface area contributed by atoms with Gasteiger partial charge in [-0.3, -0.25) is 19.3 Å². The molecule has 1 aliphatic heterocycles. The van der Waals surface area contributed by atoms with E-state index in [9.17, 15) is 23.6 Å². The van der Waals surface area contributed by atoms with Crippen LogP contribution in [-0.2, 0) is 20.9 Å². The number of imide groups is 1. The Bertz CT molecular complexity index is 1070. The Balaban J connectivity index is 1.64. The Morgan fingerprint density at radius 1 is 1.06 bits per heavy atom. The molecule has 0 saturated heterocycles. The summed E-state index contributed by atoms with van der Waals surface area (Å²) in [5.41, 5.74) is 0.980. The lowest BCUT2D eigenvalue weighted by molar-refractivity contribution is -0.156. The zero-order valence-corrected chi connectivity index (χ0v) is 18.8. The summed E-state index contributed by atoms with van der Waals surface area (Å²) < 4.78 is 23.9. The van der Waals surface area contributed by atoms with Crippen LogP contribution in [0, 0.1) is 11.7 Å². The summed E-state index contributed by atoms with van der Waals surface area (Å²) in [6.07, 6.45) is 0. The van der Waals surface area contributed by atoms with Gasteiger partial charge >= 0.3 is 5.97 Å². The van der Waals surface area contributed by atoms with Gasteiger partial charge in [-0.1, -0.05) is 32.0 Å². The van der Waals surface area contributed by atoms with E-state index >= 15 is 0 Å². The first-order valence-electron chi connectivity index (χ1n) is 10.4. The SMILES string of the molecule is COc1ccc(CN(C)C(=O)COC(=O)C(C(C)C)N2C(=O)c3ccccc3C2=O)cc1F. The zero-order chi connectivity index (χ0) is 24.3. The van der Waals surface area contributed by atoms with E-state index in [1.165, 1.54) is 43.3 Å². The number of hydrogen-bond donors (Lipinski definition) is 0. The summed E-state index contributed by atoms with van der Waals surface area (Å²) in [5.74, 6) is -3.42. The predicted octanol–water partition coefficient (Wildman–Crippen LogP) is 2.66. The van der Waals surface area contributed by atoms with E-state index in [1.54, 1.807) is 32.0 Å². The standard InChI is InChI=1S/C24H25FN2O6/c1-14(2)21(27-22(29)16-7-5-6-8-17(16)23(27)30)24(31)33-13-20(28)26(3)12-15-9-10-19(32-4)18(25)11-15/h5-11,14,21H,12-13H2,1-4H3. The highest BCUT2D eigenvalue weighted by Crippen LogP contribution is 2.27. The lowest BCUT2D eigenvalue weighted by atomic mass is 10.0. The third kappa shape index (κ3) is 4.87. The molecule has 8 nitrogen and oxygen atoms in total. The lowest BCUT2D eigenvalue weighted by Gasteiger charge is -2.27. The number of amides is 3. The molecule has 9 heteroatoms. The Morgan fingerprint density at radius 2 is 1.67 bits per heavy atom. The molecule has 0 N–H and O–H groups in total. The minimum atomic E-state index is -1.17. The molecule has 174 valence electrons. The number of esters is 1. The number of methoxy groups -OCH3 is 1. The van der Waals surface area contributed by atoms with Gasteiger partial charge in [0.25, 0.3) is 17.7 Å². The lowest BCUT2D eigenvalue weighted by Crippen LogP contribution is -2.49. The van der Waals surface area contributed by atoms with Crippen molar-refractivity contribution in [1.82, 2.24) is 9.80 Å². The van der Waals surface area contributed by atoms with Crippen LogP contribution >= 0.6 is 0 Å². The van der Waals surface area contributed by atoms with E-state index in [-0.39, 0.29) is 23.4 Å². The largest absolute Gasteiger partial charge is 0.494 e. The van der Waals surface area contributed by atoms with Crippen molar-refractivity contribution >= 4 is 23.7 Å². The number of hydrogen-bond acceptors (Lipinski definition) is 6. The quantitative estimate of drug-likeness (QED) is 0.448.